The lowest BCUT2D eigenvalue weighted by atomic mass is 10.1. The minimum absolute atomic E-state index is 0.00806. The van der Waals surface area contributed by atoms with Crippen molar-refractivity contribution in [3.05, 3.63) is 88.4 Å². The van der Waals surface area contributed by atoms with Crippen LogP contribution in [0.2, 0.25) is 5.02 Å². The van der Waals surface area contributed by atoms with Crippen LogP contribution < -0.4 is 15.4 Å². The van der Waals surface area contributed by atoms with Gasteiger partial charge in [0.1, 0.15) is 0 Å². The van der Waals surface area contributed by atoms with Crippen molar-refractivity contribution in [3.63, 3.8) is 0 Å². The van der Waals surface area contributed by atoms with Gasteiger partial charge < -0.3 is 10.6 Å². The summed E-state index contributed by atoms with van der Waals surface area (Å²) in [4.78, 5) is 25.5. The molecule has 178 valence electrons. The van der Waals surface area contributed by atoms with E-state index in [1.165, 1.54) is 30.3 Å². The van der Waals surface area contributed by atoms with E-state index in [2.05, 4.69) is 15.4 Å². The SMILES string of the molecule is CC[C@H](C)NC(=O)c1ccccc1NC(=O)c1ccc(NS(=O)(=O)c2ccc(C)cc2)c(Cl)c1. The number of para-hydroxylation sites is 1. The first-order valence-electron chi connectivity index (χ1n) is 10.7. The molecule has 1 atom stereocenters. The van der Waals surface area contributed by atoms with Gasteiger partial charge in [-0.15, -0.1) is 0 Å². The molecule has 0 spiro atoms. The van der Waals surface area contributed by atoms with E-state index < -0.39 is 15.9 Å². The van der Waals surface area contributed by atoms with Gasteiger partial charge in [-0.2, -0.15) is 0 Å². The summed E-state index contributed by atoms with van der Waals surface area (Å²) in [6.07, 6.45) is 0.777. The second-order valence-electron chi connectivity index (χ2n) is 7.90. The van der Waals surface area contributed by atoms with Crippen LogP contribution in [0.4, 0.5) is 11.4 Å². The highest BCUT2D eigenvalue weighted by molar-refractivity contribution is 7.92. The van der Waals surface area contributed by atoms with Crippen molar-refractivity contribution in [2.24, 2.45) is 0 Å². The zero-order chi connectivity index (χ0) is 24.9. The molecule has 0 radical (unpaired) electrons. The van der Waals surface area contributed by atoms with Gasteiger partial charge in [0, 0.05) is 11.6 Å². The predicted octanol–water partition coefficient (Wildman–Crippen LogP) is 5.23. The van der Waals surface area contributed by atoms with Crippen molar-refractivity contribution in [1.82, 2.24) is 5.32 Å². The highest BCUT2D eigenvalue weighted by atomic mass is 35.5. The molecule has 0 heterocycles. The zero-order valence-electron chi connectivity index (χ0n) is 19.1. The summed E-state index contributed by atoms with van der Waals surface area (Å²) in [5.74, 6) is -0.775. The minimum Gasteiger partial charge on any atom is -0.350 e. The van der Waals surface area contributed by atoms with Crippen LogP contribution in [0, 0.1) is 6.92 Å². The van der Waals surface area contributed by atoms with E-state index in [-0.39, 0.29) is 33.1 Å². The first-order chi connectivity index (χ1) is 16.1. The summed E-state index contributed by atoms with van der Waals surface area (Å²) in [5, 5.41) is 5.67. The van der Waals surface area contributed by atoms with Crippen LogP contribution in [-0.4, -0.2) is 26.3 Å². The molecule has 0 saturated carbocycles. The van der Waals surface area contributed by atoms with Crippen molar-refractivity contribution >= 4 is 44.8 Å². The number of nitrogens with one attached hydrogen (secondary N) is 3. The number of rotatable bonds is 8. The van der Waals surface area contributed by atoms with Crippen LogP contribution in [0.3, 0.4) is 0 Å². The second-order valence-corrected chi connectivity index (χ2v) is 9.99. The monoisotopic (exact) mass is 499 g/mol. The Bertz CT molecular complexity index is 1310. The fourth-order valence-corrected chi connectivity index (χ4v) is 4.41. The van der Waals surface area contributed by atoms with Gasteiger partial charge in [0.15, 0.2) is 0 Å². The van der Waals surface area contributed by atoms with E-state index in [1.54, 1.807) is 36.4 Å². The topological polar surface area (TPSA) is 104 Å². The van der Waals surface area contributed by atoms with Crippen LogP contribution in [0.15, 0.2) is 71.6 Å². The van der Waals surface area contributed by atoms with Crippen LogP contribution in [0.5, 0.6) is 0 Å². The number of hydrogen-bond donors (Lipinski definition) is 3. The lowest BCUT2D eigenvalue weighted by Crippen LogP contribution is -2.32. The van der Waals surface area contributed by atoms with E-state index in [0.29, 0.717) is 11.3 Å². The van der Waals surface area contributed by atoms with Gasteiger partial charge in [-0.25, -0.2) is 8.42 Å². The molecule has 0 aliphatic rings. The molecular weight excluding hydrogens is 474 g/mol. The van der Waals surface area contributed by atoms with Crippen LogP contribution in [0.1, 0.15) is 46.5 Å². The van der Waals surface area contributed by atoms with Crippen molar-refractivity contribution in [2.45, 2.75) is 38.1 Å². The first kappa shape index (κ1) is 25.3. The molecule has 0 aliphatic heterocycles. The van der Waals surface area contributed by atoms with E-state index >= 15 is 0 Å². The standard InChI is InChI=1S/C25H26ClN3O4S/c1-4-17(3)27-25(31)20-7-5-6-8-22(20)28-24(30)18-11-14-23(21(26)15-18)29-34(32,33)19-12-9-16(2)10-13-19/h5-15,17,29H,4H2,1-3H3,(H,27,31)(H,28,30)/t17-/m0/s1. The summed E-state index contributed by atoms with van der Waals surface area (Å²) in [7, 11) is -3.84. The molecule has 3 rings (SSSR count). The number of hydrogen-bond acceptors (Lipinski definition) is 4. The summed E-state index contributed by atoms with van der Waals surface area (Å²) in [6, 6.07) is 17.3. The predicted molar refractivity (Wildman–Crippen MR) is 135 cm³/mol. The summed E-state index contributed by atoms with van der Waals surface area (Å²) in [6.45, 7) is 5.73. The molecule has 0 aliphatic carbocycles. The van der Waals surface area contributed by atoms with Crippen molar-refractivity contribution in [3.8, 4) is 0 Å². The van der Waals surface area contributed by atoms with Gasteiger partial charge in [0.2, 0.25) is 0 Å². The first-order valence-corrected chi connectivity index (χ1v) is 12.6. The maximum atomic E-state index is 12.8. The smallest absolute Gasteiger partial charge is 0.261 e. The molecular formula is C25H26ClN3O4S. The number of halogens is 1. The van der Waals surface area contributed by atoms with E-state index in [0.717, 1.165) is 12.0 Å². The van der Waals surface area contributed by atoms with E-state index in [4.69, 9.17) is 11.6 Å². The molecule has 7 nitrogen and oxygen atoms in total. The second kappa shape index (κ2) is 10.7. The Kier molecular flexibility index (Phi) is 7.96. The van der Waals surface area contributed by atoms with E-state index in [1.807, 2.05) is 20.8 Å². The molecule has 3 aromatic rings. The Morgan fingerprint density at radius 1 is 0.941 bits per heavy atom. The van der Waals surface area contributed by atoms with Gasteiger partial charge in [-0.1, -0.05) is 48.4 Å². The average molecular weight is 500 g/mol. The third-order valence-electron chi connectivity index (χ3n) is 5.22. The number of carbonyl (C=O) groups excluding carboxylic acids is 2. The van der Waals surface area contributed by atoms with Crippen molar-refractivity contribution in [1.29, 1.82) is 0 Å². The highest BCUT2D eigenvalue weighted by Crippen LogP contribution is 2.27. The minimum atomic E-state index is -3.84. The maximum absolute atomic E-state index is 12.8. The summed E-state index contributed by atoms with van der Waals surface area (Å²) >= 11 is 6.28. The van der Waals surface area contributed by atoms with Crippen LogP contribution in [-0.2, 0) is 10.0 Å². The fourth-order valence-electron chi connectivity index (χ4n) is 3.05. The summed E-state index contributed by atoms with van der Waals surface area (Å²) in [5.41, 5.74) is 1.98. The number of sulfonamides is 1. The number of benzene rings is 3. The molecule has 0 saturated heterocycles. The van der Waals surface area contributed by atoms with Gasteiger partial charge in [0.05, 0.1) is 26.9 Å². The maximum Gasteiger partial charge on any atom is 0.261 e. The average Bonchev–Trinajstić information content (AvgIpc) is 2.80. The molecule has 2 amide bonds. The Morgan fingerprint density at radius 2 is 1.62 bits per heavy atom. The molecule has 0 aromatic heterocycles. The molecule has 0 unspecified atom stereocenters. The van der Waals surface area contributed by atoms with E-state index in [9.17, 15) is 18.0 Å². The molecule has 3 aromatic carbocycles. The lowest BCUT2D eigenvalue weighted by molar-refractivity contribution is 0.0940. The zero-order valence-corrected chi connectivity index (χ0v) is 20.6. The molecule has 34 heavy (non-hydrogen) atoms. The fraction of sp³-hybridized carbons (Fsp3) is 0.200. The lowest BCUT2D eigenvalue weighted by Gasteiger charge is -2.15. The normalized spacial score (nSPS) is 12.0. The number of amides is 2. The number of aryl methyl sites for hydroxylation is 1. The van der Waals surface area contributed by atoms with Gasteiger partial charge >= 0.3 is 0 Å². The number of anilines is 2. The quantitative estimate of drug-likeness (QED) is 0.394. The van der Waals surface area contributed by atoms with Crippen LogP contribution in [0.25, 0.3) is 0 Å². The van der Waals surface area contributed by atoms with Crippen molar-refractivity contribution < 1.29 is 18.0 Å². The molecule has 9 heteroatoms. The van der Waals surface area contributed by atoms with Crippen LogP contribution >= 0.6 is 11.6 Å². The third kappa shape index (κ3) is 6.15. The molecule has 0 fully saturated rings. The van der Waals surface area contributed by atoms with Gasteiger partial charge in [-0.3, -0.25) is 14.3 Å². The molecule has 3 N–H and O–H groups in total. The number of carbonyl (C=O) groups is 2. The largest absolute Gasteiger partial charge is 0.350 e. The van der Waals surface area contributed by atoms with Gasteiger partial charge in [-0.05, 0) is 62.7 Å². The third-order valence-corrected chi connectivity index (χ3v) is 6.91. The molecule has 0 bridgehead atoms. The Labute approximate surface area is 204 Å². The Balaban J connectivity index is 1.77. The Morgan fingerprint density at radius 3 is 2.26 bits per heavy atom. The van der Waals surface area contributed by atoms with Gasteiger partial charge in [0.25, 0.3) is 21.8 Å². The summed E-state index contributed by atoms with van der Waals surface area (Å²) < 4.78 is 27.7. The Hall–Kier alpha value is -3.36. The van der Waals surface area contributed by atoms with Crippen molar-refractivity contribution in [2.75, 3.05) is 10.0 Å². The highest BCUT2D eigenvalue weighted by Gasteiger charge is 2.18.